The Morgan fingerprint density at radius 2 is 1.88 bits per heavy atom. The highest BCUT2D eigenvalue weighted by atomic mass is 79.9. The molecule has 7 heteroatoms. The summed E-state index contributed by atoms with van der Waals surface area (Å²) in [5.41, 5.74) is 7.55. The minimum Gasteiger partial charge on any atom is -0.490 e. The summed E-state index contributed by atoms with van der Waals surface area (Å²) in [5, 5.41) is 0.255. The predicted octanol–water partition coefficient (Wildman–Crippen LogP) is 4.14. The molecular formula is C19H17BrN2O3S. The quantitative estimate of drug-likeness (QED) is 0.548. The van der Waals surface area contributed by atoms with Gasteiger partial charge in [-0.25, -0.2) is 0 Å². The number of carbonyl (C=O) groups excluding carboxylic acids is 1. The third kappa shape index (κ3) is 4.89. The van der Waals surface area contributed by atoms with Crippen molar-refractivity contribution in [2.45, 2.75) is 6.92 Å². The summed E-state index contributed by atoms with van der Waals surface area (Å²) in [6, 6.07) is 13.5. The molecule has 134 valence electrons. The van der Waals surface area contributed by atoms with Crippen molar-refractivity contribution in [3.8, 4) is 11.5 Å². The van der Waals surface area contributed by atoms with Gasteiger partial charge in [0.1, 0.15) is 24.7 Å². The molecule has 0 bridgehead atoms. The molecule has 1 aliphatic heterocycles. The Balaban J connectivity index is 1.64. The van der Waals surface area contributed by atoms with Crippen molar-refractivity contribution in [1.29, 1.82) is 0 Å². The number of hydrogen-bond donors (Lipinski definition) is 1. The average molecular weight is 433 g/mol. The maximum absolute atomic E-state index is 11.8. The summed E-state index contributed by atoms with van der Waals surface area (Å²) in [6.45, 7) is 2.83. The number of amides is 1. The molecule has 1 aliphatic rings. The minimum absolute atomic E-state index is 0.255. The van der Waals surface area contributed by atoms with Crippen LogP contribution >= 0.6 is 27.7 Å². The van der Waals surface area contributed by atoms with Crippen molar-refractivity contribution in [1.82, 2.24) is 0 Å². The van der Waals surface area contributed by atoms with Crippen molar-refractivity contribution in [2.75, 3.05) is 13.2 Å². The molecule has 26 heavy (non-hydrogen) atoms. The first kappa shape index (κ1) is 18.5. The molecule has 2 aromatic carbocycles. The number of nitrogens with two attached hydrogens (primary N) is 1. The highest BCUT2D eigenvalue weighted by Gasteiger charge is 2.20. The fraction of sp³-hybridized carbons (Fsp3) is 0.158. The molecular weight excluding hydrogens is 416 g/mol. The first-order valence-corrected chi connectivity index (χ1v) is 9.52. The molecule has 0 unspecified atom stereocenters. The molecule has 3 rings (SSSR count). The van der Waals surface area contributed by atoms with Crippen LogP contribution in [0.4, 0.5) is 0 Å². The van der Waals surface area contributed by atoms with Gasteiger partial charge in [0.2, 0.25) is 0 Å². The van der Waals surface area contributed by atoms with E-state index in [4.69, 9.17) is 15.2 Å². The standard InChI is InChI=1S/C19H17BrN2O3S/c1-12-2-5-15(6-3-12)24-8-9-25-16-7-4-14(20)10-13(16)11-17-18(23)22-19(21)26-17/h2-7,10-11H,8-9H2,1H3,(H2,21,22,23)/b17-11+. The second kappa shape index (κ2) is 8.42. The van der Waals surface area contributed by atoms with Crippen molar-refractivity contribution in [3.63, 3.8) is 0 Å². The van der Waals surface area contributed by atoms with Gasteiger partial charge in [0.25, 0.3) is 5.91 Å². The molecule has 1 heterocycles. The Kier molecular flexibility index (Phi) is 6.00. The van der Waals surface area contributed by atoms with Gasteiger partial charge in [-0.2, -0.15) is 4.99 Å². The summed E-state index contributed by atoms with van der Waals surface area (Å²) < 4.78 is 12.4. The van der Waals surface area contributed by atoms with E-state index in [1.165, 1.54) is 5.56 Å². The number of halogens is 1. The number of ether oxygens (including phenoxy) is 2. The fourth-order valence-electron chi connectivity index (χ4n) is 2.28. The van der Waals surface area contributed by atoms with Gasteiger partial charge in [0.05, 0.1) is 4.91 Å². The number of rotatable bonds is 6. The van der Waals surface area contributed by atoms with E-state index >= 15 is 0 Å². The molecule has 5 nitrogen and oxygen atoms in total. The van der Waals surface area contributed by atoms with Crippen LogP contribution in [0.2, 0.25) is 0 Å². The number of thioether (sulfide) groups is 1. The van der Waals surface area contributed by atoms with Crippen LogP contribution in [0.1, 0.15) is 11.1 Å². The zero-order chi connectivity index (χ0) is 18.5. The Bertz CT molecular complexity index is 879. The van der Waals surface area contributed by atoms with Gasteiger partial charge in [-0.15, -0.1) is 0 Å². The molecule has 0 aromatic heterocycles. The Morgan fingerprint density at radius 1 is 1.15 bits per heavy atom. The van der Waals surface area contributed by atoms with Crippen molar-refractivity contribution in [3.05, 3.63) is 63.0 Å². The number of amidine groups is 1. The average Bonchev–Trinajstić information content (AvgIpc) is 2.92. The maximum atomic E-state index is 11.8. The molecule has 0 spiro atoms. The lowest BCUT2D eigenvalue weighted by atomic mass is 10.2. The summed E-state index contributed by atoms with van der Waals surface area (Å²) in [4.78, 5) is 16.0. The lowest BCUT2D eigenvalue weighted by Gasteiger charge is -2.11. The molecule has 1 amide bonds. The van der Waals surface area contributed by atoms with E-state index in [-0.39, 0.29) is 11.1 Å². The lowest BCUT2D eigenvalue weighted by Crippen LogP contribution is -2.09. The number of aliphatic imine (C=N–C) groups is 1. The molecule has 2 aromatic rings. The van der Waals surface area contributed by atoms with E-state index in [2.05, 4.69) is 20.9 Å². The molecule has 2 N–H and O–H groups in total. The van der Waals surface area contributed by atoms with Crippen molar-refractivity contribution >= 4 is 44.8 Å². The lowest BCUT2D eigenvalue weighted by molar-refractivity contribution is -0.113. The second-order valence-corrected chi connectivity index (χ2v) is 7.54. The number of aryl methyl sites for hydroxylation is 1. The Hall–Kier alpha value is -2.25. The molecule has 0 aliphatic carbocycles. The monoisotopic (exact) mass is 432 g/mol. The van der Waals surface area contributed by atoms with Crippen LogP contribution in [0.25, 0.3) is 6.08 Å². The highest BCUT2D eigenvalue weighted by Crippen LogP contribution is 2.31. The van der Waals surface area contributed by atoms with Gasteiger partial charge in [0, 0.05) is 10.0 Å². The second-order valence-electron chi connectivity index (χ2n) is 5.56. The SMILES string of the molecule is Cc1ccc(OCCOc2ccc(Br)cc2/C=C2/SC(N)=NC2=O)cc1. The van der Waals surface area contributed by atoms with Crippen LogP contribution in [0.5, 0.6) is 11.5 Å². The van der Waals surface area contributed by atoms with Crippen molar-refractivity contribution in [2.24, 2.45) is 10.7 Å². The van der Waals surface area contributed by atoms with E-state index in [1.54, 1.807) is 6.08 Å². The largest absolute Gasteiger partial charge is 0.490 e. The van der Waals surface area contributed by atoms with Crippen molar-refractivity contribution < 1.29 is 14.3 Å². The Morgan fingerprint density at radius 3 is 2.58 bits per heavy atom. The van der Waals surface area contributed by atoms with E-state index < -0.39 is 0 Å². The number of carbonyl (C=O) groups is 1. The van der Waals surface area contributed by atoms with Crippen LogP contribution in [-0.2, 0) is 4.79 Å². The maximum Gasteiger partial charge on any atom is 0.286 e. The van der Waals surface area contributed by atoms with Crippen LogP contribution in [-0.4, -0.2) is 24.3 Å². The number of benzene rings is 2. The van der Waals surface area contributed by atoms with E-state index in [9.17, 15) is 4.79 Å². The van der Waals surface area contributed by atoms with Gasteiger partial charge < -0.3 is 15.2 Å². The highest BCUT2D eigenvalue weighted by molar-refractivity contribution is 9.10. The third-order valence-electron chi connectivity index (χ3n) is 3.53. The Labute approximate surface area is 164 Å². The molecule has 0 fully saturated rings. The topological polar surface area (TPSA) is 73.9 Å². The van der Waals surface area contributed by atoms with Gasteiger partial charge in [0.15, 0.2) is 5.17 Å². The summed E-state index contributed by atoms with van der Waals surface area (Å²) >= 11 is 4.59. The van der Waals surface area contributed by atoms with Gasteiger partial charge in [-0.1, -0.05) is 33.6 Å². The molecule has 0 saturated carbocycles. The van der Waals surface area contributed by atoms with Crippen LogP contribution in [0.15, 0.2) is 56.8 Å². The zero-order valence-corrected chi connectivity index (χ0v) is 16.5. The number of nitrogens with zero attached hydrogens (tertiary/aromatic N) is 1. The summed E-state index contributed by atoms with van der Waals surface area (Å²) in [7, 11) is 0. The van der Waals surface area contributed by atoms with Gasteiger partial charge in [-0.05, 0) is 55.1 Å². The van der Waals surface area contributed by atoms with Crippen LogP contribution in [0.3, 0.4) is 0 Å². The smallest absolute Gasteiger partial charge is 0.286 e. The first-order valence-electron chi connectivity index (χ1n) is 7.91. The normalized spacial score (nSPS) is 15.2. The number of hydrogen-bond acceptors (Lipinski definition) is 5. The van der Waals surface area contributed by atoms with E-state index in [0.717, 1.165) is 27.5 Å². The summed E-state index contributed by atoms with van der Waals surface area (Å²) in [5.74, 6) is 1.13. The summed E-state index contributed by atoms with van der Waals surface area (Å²) in [6.07, 6.45) is 1.73. The van der Waals surface area contributed by atoms with Gasteiger partial charge in [-0.3, -0.25) is 4.79 Å². The predicted molar refractivity (Wildman–Crippen MR) is 109 cm³/mol. The van der Waals surface area contributed by atoms with Gasteiger partial charge >= 0.3 is 0 Å². The molecule has 0 atom stereocenters. The third-order valence-corrected chi connectivity index (χ3v) is 4.83. The van der Waals surface area contributed by atoms with Crippen LogP contribution < -0.4 is 15.2 Å². The minimum atomic E-state index is -0.332. The van der Waals surface area contributed by atoms with Crippen LogP contribution in [0, 0.1) is 6.92 Å². The van der Waals surface area contributed by atoms with E-state index in [1.807, 2.05) is 49.4 Å². The van der Waals surface area contributed by atoms with E-state index in [0.29, 0.717) is 23.9 Å². The zero-order valence-electron chi connectivity index (χ0n) is 14.1. The molecule has 0 radical (unpaired) electrons. The first-order chi connectivity index (χ1) is 12.5. The fourth-order valence-corrected chi connectivity index (χ4v) is 3.33. The molecule has 0 saturated heterocycles.